The largest absolute Gasteiger partial charge is 0.434 e. The number of carbonyl (C=O) groups is 1. The zero-order valence-electron chi connectivity index (χ0n) is 19.6. The fourth-order valence-corrected chi connectivity index (χ4v) is 6.57. The van der Waals surface area contributed by atoms with Crippen LogP contribution in [0.3, 0.4) is 0 Å². The maximum atomic E-state index is 14.4. The van der Waals surface area contributed by atoms with E-state index in [1.165, 1.54) is 4.31 Å². The molecule has 1 saturated heterocycles. The van der Waals surface area contributed by atoms with Crippen LogP contribution in [-0.2, 0) is 10.0 Å². The normalized spacial score (nSPS) is 21.2. The topological polar surface area (TPSA) is 66.9 Å². The first-order valence-corrected chi connectivity index (χ1v) is 13.4. The fourth-order valence-electron chi connectivity index (χ4n) is 5.07. The number of halogens is 5. The summed E-state index contributed by atoms with van der Waals surface area (Å²) in [6.45, 7) is -0.391. The molecule has 2 aliphatic rings. The number of ether oxygens (including phenoxy) is 1. The number of nitrogens with zero attached hydrogens (tertiary/aromatic N) is 2. The SMILES string of the molecule is CCCS(=O)(=O)N1CCN(C2(CCC(=O)c3c(F)cccc3OC(F)F)CCC(F)(F)CC2)CC1. The first-order chi connectivity index (χ1) is 16.4. The van der Waals surface area contributed by atoms with Crippen LogP contribution in [0.2, 0.25) is 0 Å². The number of hydrogen-bond acceptors (Lipinski definition) is 5. The van der Waals surface area contributed by atoms with E-state index in [0.717, 1.165) is 18.2 Å². The minimum Gasteiger partial charge on any atom is -0.434 e. The van der Waals surface area contributed by atoms with Crippen LogP contribution in [0.25, 0.3) is 0 Å². The Bertz CT molecular complexity index is 988. The summed E-state index contributed by atoms with van der Waals surface area (Å²) in [5, 5.41) is 0. The van der Waals surface area contributed by atoms with Crippen LogP contribution in [0.5, 0.6) is 5.75 Å². The second-order valence-electron chi connectivity index (χ2n) is 9.20. The Labute approximate surface area is 202 Å². The third kappa shape index (κ3) is 6.71. The number of hydrogen-bond donors (Lipinski definition) is 0. The lowest BCUT2D eigenvalue weighted by molar-refractivity contribution is -0.0891. The predicted molar refractivity (Wildman–Crippen MR) is 120 cm³/mol. The van der Waals surface area contributed by atoms with Gasteiger partial charge < -0.3 is 4.74 Å². The number of sulfonamides is 1. The van der Waals surface area contributed by atoms with Gasteiger partial charge in [-0.1, -0.05) is 13.0 Å². The fraction of sp³-hybridized carbons (Fsp3) is 0.696. The maximum absolute atomic E-state index is 14.4. The molecule has 0 atom stereocenters. The van der Waals surface area contributed by atoms with Gasteiger partial charge in [0.15, 0.2) is 5.78 Å². The lowest BCUT2D eigenvalue weighted by atomic mass is 9.74. The van der Waals surface area contributed by atoms with Crippen molar-refractivity contribution in [3.8, 4) is 5.75 Å². The molecule has 1 heterocycles. The molecule has 2 fully saturated rings. The number of piperazine rings is 1. The van der Waals surface area contributed by atoms with Gasteiger partial charge in [0.1, 0.15) is 11.6 Å². The van der Waals surface area contributed by atoms with Gasteiger partial charge in [-0.2, -0.15) is 13.1 Å². The highest BCUT2D eigenvalue weighted by atomic mass is 32.2. The molecule has 0 bridgehead atoms. The minimum atomic E-state index is -3.39. The van der Waals surface area contributed by atoms with Crippen LogP contribution in [0.15, 0.2) is 18.2 Å². The van der Waals surface area contributed by atoms with Crippen molar-refractivity contribution in [2.45, 2.75) is 69.9 Å². The Kier molecular flexibility index (Phi) is 8.80. The van der Waals surface area contributed by atoms with Gasteiger partial charge >= 0.3 is 6.61 Å². The Balaban J connectivity index is 1.77. The average Bonchev–Trinajstić information content (AvgIpc) is 2.78. The van der Waals surface area contributed by atoms with Crippen molar-refractivity contribution in [2.24, 2.45) is 0 Å². The summed E-state index contributed by atoms with van der Waals surface area (Å²) in [6, 6.07) is 3.20. The molecule has 3 rings (SSSR count). The molecule has 0 radical (unpaired) electrons. The van der Waals surface area contributed by atoms with Gasteiger partial charge in [0, 0.05) is 51.0 Å². The molecular formula is C23H31F5N2O4S. The highest BCUT2D eigenvalue weighted by Gasteiger charge is 2.47. The first kappa shape index (κ1) is 27.8. The van der Waals surface area contributed by atoms with E-state index in [4.69, 9.17) is 0 Å². The molecule has 1 aliphatic carbocycles. The Morgan fingerprint density at radius 3 is 2.29 bits per heavy atom. The summed E-state index contributed by atoms with van der Waals surface area (Å²) in [6.07, 6.45) is -0.229. The summed E-state index contributed by atoms with van der Waals surface area (Å²) in [7, 11) is -3.39. The molecule has 0 amide bonds. The van der Waals surface area contributed by atoms with Crippen molar-refractivity contribution in [1.29, 1.82) is 0 Å². The van der Waals surface area contributed by atoms with E-state index in [2.05, 4.69) is 4.74 Å². The van der Waals surface area contributed by atoms with Crippen LogP contribution in [0.1, 0.15) is 62.2 Å². The molecule has 0 spiro atoms. The van der Waals surface area contributed by atoms with E-state index in [1.54, 1.807) is 6.92 Å². The van der Waals surface area contributed by atoms with Crippen molar-refractivity contribution in [3.63, 3.8) is 0 Å². The first-order valence-electron chi connectivity index (χ1n) is 11.8. The molecule has 1 saturated carbocycles. The third-order valence-electron chi connectivity index (χ3n) is 6.96. The Morgan fingerprint density at radius 2 is 1.71 bits per heavy atom. The summed E-state index contributed by atoms with van der Waals surface area (Å²) in [5.41, 5.74) is -1.38. The summed E-state index contributed by atoms with van der Waals surface area (Å²) < 4.78 is 98.4. The molecule has 1 aromatic carbocycles. The number of benzene rings is 1. The molecular weight excluding hydrogens is 495 g/mol. The number of Topliss-reactive ketones (excluding diaryl/α,β-unsaturated/α-hetero) is 1. The number of ketones is 1. The van der Waals surface area contributed by atoms with Crippen LogP contribution < -0.4 is 4.74 Å². The van der Waals surface area contributed by atoms with E-state index >= 15 is 0 Å². The van der Waals surface area contributed by atoms with Crippen LogP contribution in [0, 0.1) is 5.82 Å². The zero-order valence-corrected chi connectivity index (χ0v) is 20.4. The van der Waals surface area contributed by atoms with Crippen molar-refractivity contribution in [1.82, 2.24) is 9.21 Å². The molecule has 0 unspecified atom stereocenters. The maximum Gasteiger partial charge on any atom is 0.387 e. The Morgan fingerprint density at radius 1 is 1.09 bits per heavy atom. The summed E-state index contributed by atoms with van der Waals surface area (Å²) >= 11 is 0. The number of carbonyl (C=O) groups excluding carboxylic acids is 1. The summed E-state index contributed by atoms with van der Waals surface area (Å²) in [4.78, 5) is 14.9. The molecule has 35 heavy (non-hydrogen) atoms. The number of alkyl halides is 4. The van der Waals surface area contributed by atoms with Gasteiger partial charge in [0.2, 0.25) is 15.9 Å². The van der Waals surface area contributed by atoms with Crippen molar-refractivity contribution >= 4 is 15.8 Å². The molecule has 198 valence electrons. The lowest BCUT2D eigenvalue weighted by Gasteiger charge is -2.51. The molecule has 0 aromatic heterocycles. The van der Waals surface area contributed by atoms with E-state index in [9.17, 15) is 35.2 Å². The van der Waals surface area contributed by atoms with Crippen molar-refractivity contribution < 1.29 is 39.9 Å². The van der Waals surface area contributed by atoms with Gasteiger partial charge in [-0.15, -0.1) is 0 Å². The zero-order chi connectivity index (χ0) is 25.9. The standard InChI is InChI=1S/C23H31F5N2O4S/c1-2-16-35(32,33)30-14-12-29(13-15-30)22(8-10-23(27,28)11-9-22)7-6-18(31)20-17(24)4-3-5-19(20)34-21(25)26/h3-5,21H,2,6-16H2,1H3. The molecule has 1 aliphatic heterocycles. The predicted octanol–water partition coefficient (Wildman–Crippen LogP) is 4.70. The molecule has 0 N–H and O–H groups in total. The van der Waals surface area contributed by atoms with Gasteiger partial charge in [-0.3, -0.25) is 9.69 Å². The minimum absolute atomic E-state index is 0.0323. The van der Waals surface area contributed by atoms with Crippen molar-refractivity contribution in [3.05, 3.63) is 29.6 Å². The molecule has 1 aromatic rings. The van der Waals surface area contributed by atoms with Gasteiger partial charge in [0.05, 0.1) is 11.3 Å². The number of rotatable bonds is 10. The second kappa shape index (κ2) is 11.1. The van der Waals surface area contributed by atoms with Gasteiger partial charge in [0.25, 0.3) is 0 Å². The van der Waals surface area contributed by atoms with E-state index in [0.29, 0.717) is 19.5 Å². The quantitative estimate of drug-likeness (QED) is 0.327. The van der Waals surface area contributed by atoms with E-state index in [-0.39, 0.29) is 57.4 Å². The lowest BCUT2D eigenvalue weighted by Crippen LogP contribution is -2.60. The second-order valence-corrected chi connectivity index (χ2v) is 11.3. The summed E-state index contributed by atoms with van der Waals surface area (Å²) in [5.74, 6) is -5.11. The molecule has 6 nitrogen and oxygen atoms in total. The van der Waals surface area contributed by atoms with Gasteiger partial charge in [-0.05, 0) is 37.8 Å². The molecule has 12 heteroatoms. The average molecular weight is 527 g/mol. The third-order valence-corrected chi connectivity index (χ3v) is 9.04. The highest BCUT2D eigenvalue weighted by molar-refractivity contribution is 7.89. The van der Waals surface area contributed by atoms with Crippen LogP contribution in [-0.4, -0.2) is 73.4 Å². The van der Waals surface area contributed by atoms with Crippen LogP contribution >= 0.6 is 0 Å². The Hall–Kier alpha value is -1.79. The van der Waals surface area contributed by atoms with E-state index < -0.39 is 51.0 Å². The highest BCUT2D eigenvalue weighted by Crippen LogP contribution is 2.44. The smallest absolute Gasteiger partial charge is 0.387 e. The van der Waals surface area contributed by atoms with E-state index in [1.807, 2.05) is 4.90 Å². The van der Waals surface area contributed by atoms with Crippen LogP contribution in [0.4, 0.5) is 22.0 Å². The van der Waals surface area contributed by atoms with Gasteiger partial charge in [-0.25, -0.2) is 21.6 Å². The van der Waals surface area contributed by atoms with Crippen molar-refractivity contribution in [2.75, 3.05) is 31.9 Å². The monoisotopic (exact) mass is 526 g/mol.